The van der Waals surface area contributed by atoms with Gasteiger partial charge in [-0.3, -0.25) is 0 Å². The Balaban J connectivity index is 2.24. The quantitative estimate of drug-likeness (QED) is 0.105. The molecule has 208 valence electrons. The Hall–Kier alpha value is -1.58. The monoisotopic (exact) mass is 528 g/mol. The summed E-state index contributed by atoms with van der Waals surface area (Å²) in [5.41, 5.74) is 2.19. The minimum Gasteiger partial charge on any atom is -0.496 e. The van der Waals surface area contributed by atoms with Crippen molar-refractivity contribution in [1.29, 1.82) is 0 Å². The highest BCUT2D eigenvalue weighted by atomic mass is 28.4. The molecule has 37 heavy (non-hydrogen) atoms. The van der Waals surface area contributed by atoms with Crippen LogP contribution in [0.5, 0.6) is 5.75 Å². The highest BCUT2D eigenvalue weighted by Gasteiger charge is 2.39. The second kappa shape index (κ2) is 15.7. The molecule has 0 radical (unpaired) electrons. The predicted octanol–water partition coefficient (Wildman–Crippen LogP) is 8.76. The molecule has 0 aliphatic carbocycles. The van der Waals surface area contributed by atoms with E-state index in [1.54, 1.807) is 7.11 Å². The van der Waals surface area contributed by atoms with Gasteiger partial charge in [0.05, 0.1) is 13.2 Å². The summed E-state index contributed by atoms with van der Waals surface area (Å²) >= 11 is 0. The van der Waals surface area contributed by atoms with Crippen LogP contribution in [0.1, 0.15) is 103 Å². The molecule has 0 N–H and O–H groups in total. The first-order valence-electron chi connectivity index (χ1n) is 14.3. The van der Waals surface area contributed by atoms with Gasteiger partial charge in [0.2, 0.25) is 0 Å². The third kappa shape index (κ3) is 10.2. The SMILES string of the molecule is C=CCc1c(OC)cccc1C(C#CCCC(CCCCC)OC1CCCCO1)O[Si](C)(C)C(C)(C)C. The summed E-state index contributed by atoms with van der Waals surface area (Å²) in [5, 5.41) is 0.0859. The van der Waals surface area contributed by atoms with E-state index in [4.69, 9.17) is 18.6 Å². The summed E-state index contributed by atoms with van der Waals surface area (Å²) in [6.07, 6.45) is 12.2. The molecule has 3 atom stereocenters. The molecule has 5 heteroatoms. The average molecular weight is 529 g/mol. The van der Waals surface area contributed by atoms with Crippen molar-refractivity contribution in [2.75, 3.05) is 13.7 Å². The van der Waals surface area contributed by atoms with Crippen LogP contribution in [0.4, 0.5) is 0 Å². The molecule has 1 aromatic carbocycles. The van der Waals surface area contributed by atoms with Crippen molar-refractivity contribution in [2.24, 2.45) is 0 Å². The summed E-state index contributed by atoms with van der Waals surface area (Å²) in [6, 6.07) is 6.17. The summed E-state index contributed by atoms with van der Waals surface area (Å²) in [7, 11) is -0.350. The van der Waals surface area contributed by atoms with Crippen LogP contribution in [-0.2, 0) is 20.3 Å². The van der Waals surface area contributed by atoms with Crippen LogP contribution in [0.2, 0.25) is 18.1 Å². The molecule has 0 bridgehead atoms. The van der Waals surface area contributed by atoms with Gasteiger partial charge >= 0.3 is 0 Å². The van der Waals surface area contributed by atoms with Crippen LogP contribution < -0.4 is 4.74 Å². The molecule has 1 aromatic rings. The Morgan fingerprint density at radius 3 is 2.59 bits per heavy atom. The number of ether oxygens (including phenoxy) is 3. The molecule has 0 saturated carbocycles. The van der Waals surface area contributed by atoms with Gasteiger partial charge in [-0.05, 0) is 68.3 Å². The van der Waals surface area contributed by atoms with E-state index in [2.05, 4.69) is 65.3 Å². The minimum absolute atomic E-state index is 0.0544. The Morgan fingerprint density at radius 2 is 1.97 bits per heavy atom. The number of allylic oxidation sites excluding steroid dienone is 1. The van der Waals surface area contributed by atoms with E-state index < -0.39 is 8.32 Å². The Morgan fingerprint density at radius 1 is 1.19 bits per heavy atom. The molecule has 0 amide bonds. The van der Waals surface area contributed by atoms with E-state index >= 15 is 0 Å². The zero-order valence-corrected chi connectivity index (χ0v) is 25.7. The lowest BCUT2D eigenvalue weighted by Crippen LogP contribution is -2.41. The van der Waals surface area contributed by atoms with Gasteiger partial charge < -0.3 is 18.6 Å². The van der Waals surface area contributed by atoms with Crippen molar-refractivity contribution in [3.8, 4) is 17.6 Å². The Labute approximate surface area is 228 Å². The van der Waals surface area contributed by atoms with Gasteiger partial charge in [0.15, 0.2) is 14.6 Å². The van der Waals surface area contributed by atoms with E-state index in [1.807, 2.05) is 18.2 Å². The summed E-state index contributed by atoms with van der Waals surface area (Å²) in [4.78, 5) is 0. The summed E-state index contributed by atoms with van der Waals surface area (Å²) < 4.78 is 24.9. The van der Waals surface area contributed by atoms with Crippen molar-refractivity contribution in [2.45, 2.75) is 129 Å². The lowest BCUT2D eigenvalue weighted by atomic mass is 9.98. The number of benzene rings is 1. The van der Waals surface area contributed by atoms with Crippen LogP contribution in [-0.4, -0.2) is 34.4 Å². The molecule has 3 unspecified atom stereocenters. The summed E-state index contributed by atoms with van der Waals surface area (Å²) in [5.74, 6) is 7.87. The number of unbranched alkanes of at least 4 members (excludes halogenated alkanes) is 2. The molecule has 4 nitrogen and oxygen atoms in total. The standard InChI is InChI=1S/C32H52O4Si/c1-9-11-12-19-26(35-31-24-15-16-25-34-31)20-13-14-22-30(36-37(7,8)32(3,4)5)28-21-17-23-29(33-6)27(28)18-10-2/h10,17,21,23,26,30-31H,2,9,11-13,15-16,18-20,24-25H2,1,3-8H3. The minimum atomic E-state index is -2.07. The van der Waals surface area contributed by atoms with E-state index in [0.717, 1.165) is 55.6 Å². The van der Waals surface area contributed by atoms with Crippen LogP contribution in [0.15, 0.2) is 30.9 Å². The molecular formula is C32H52O4Si. The molecule has 2 rings (SSSR count). The highest BCUT2D eigenvalue weighted by Crippen LogP contribution is 2.41. The van der Waals surface area contributed by atoms with E-state index in [1.165, 1.54) is 25.7 Å². The van der Waals surface area contributed by atoms with Crippen LogP contribution >= 0.6 is 0 Å². The zero-order valence-electron chi connectivity index (χ0n) is 24.7. The van der Waals surface area contributed by atoms with Gasteiger partial charge in [-0.15, -0.1) is 12.5 Å². The first-order valence-corrected chi connectivity index (χ1v) is 17.2. The van der Waals surface area contributed by atoms with Gasteiger partial charge in [0.25, 0.3) is 0 Å². The smallest absolute Gasteiger partial charge is 0.194 e. The fraction of sp³-hybridized carbons (Fsp3) is 0.688. The Bertz CT molecular complexity index is 871. The number of rotatable bonds is 14. The maximum absolute atomic E-state index is 6.91. The van der Waals surface area contributed by atoms with Crippen molar-refractivity contribution in [3.63, 3.8) is 0 Å². The van der Waals surface area contributed by atoms with E-state index in [0.29, 0.717) is 6.42 Å². The average Bonchev–Trinajstić information content (AvgIpc) is 2.86. The second-order valence-electron chi connectivity index (χ2n) is 11.7. The molecule has 0 spiro atoms. The van der Waals surface area contributed by atoms with Crippen molar-refractivity contribution >= 4 is 8.32 Å². The van der Waals surface area contributed by atoms with Gasteiger partial charge in [-0.2, -0.15) is 0 Å². The topological polar surface area (TPSA) is 36.9 Å². The molecule has 0 aromatic heterocycles. The lowest BCUT2D eigenvalue weighted by molar-refractivity contribution is -0.190. The van der Waals surface area contributed by atoms with Crippen molar-refractivity contribution in [3.05, 3.63) is 42.0 Å². The molecule has 1 heterocycles. The first kappa shape index (κ1) is 31.6. The molecule has 1 aliphatic heterocycles. The summed E-state index contributed by atoms with van der Waals surface area (Å²) in [6.45, 7) is 18.4. The predicted molar refractivity (Wildman–Crippen MR) is 158 cm³/mol. The molecule has 1 aliphatic rings. The fourth-order valence-electron chi connectivity index (χ4n) is 4.36. The van der Waals surface area contributed by atoms with Crippen LogP contribution in [0, 0.1) is 11.8 Å². The van der Waals surface area contributed by atoms with Crippen molar-refractivity contribution < 1.29 is 18.6 Å². The van der Waals surface area contributed by atoms with Gasteiger partial charge in [0.1, 0.15) is 11.9 Å². The third-order valence-corrected chi connectivity index (χ3v) is 12.1. The van der Waals surface area contributed by atoms with E-state index in [-0.39, 0.29) is 23.5 Å². The van der Waals surface area contributed by atoms with Crippen LogP contribution in [0.25, 0.3) is 0 Å². The second-order valence-corrected chi connectivity index (χ2v) is 16.4. The van der Waals surface area contributed by atoms with Crippen molar-refractivity contribution in [1.82, 2.24) is 0 Å². The largest absolute Gasteiger partial charge is 0.496 e. The number of hydrogen-bond donors (Lipinski definition) is 0. The zero-order chi connectivity index (χ0) is 27.3. The van der Waals surface area contributed by atoms with E-state index in [9.17, 15) is 0 Å². The Kier molecular flexibility index (Phi) is 13.5. The molecular weight excluding hydrogens is 476 g/mol. The molecule has 1 saturated heterocycles. The maximum Gasteiger partial charge on any atom is 0.194 e. The first-order chi connectivity index (χ1) is 17.6. The normalized spacial score (nSPS) is 18.0. The van der Waals surface area contributed by atoms with Gasteiger partial charge in [-0.1, -0.05) is 71.1 Å². The number of methoxy groups -OCH3 is 1. The fourth-order valence-corrected chi connectivity index (χ4v) is 5.49. The maximum atomic E-state index is 6.91. The lowest BCUT2D eigenvalue weighted by Gasteiger charge is -2.38. The van der Waals surface area contributed by atoms with Gasteiger partial charge in [0, 0.05) is 18.6 Å². The van der Waals surface area contributed by atoms with Crippen LogP contribution in [0.3, 0.4) is 0 Å². The highest BCUT2D eigenvalue weighted by molar-refractivity contribution is 6.74. The van der Waals surface area contributed by atoms with Gasteiger partial charge in [-0.25, -0.2) is 0 Å². The third-order valence-electron chi connectivity index (χ3n) is 7.68. The molecule has 1 fully saturated rings. The number of hydrogen-bond acceptors (Lipinski definition) is 4.